The Labute approximate surface area is 169 Å². The second-order valence-electron chi connectivity index (χ2n) is 6.28. The zero-order valence-corrected chi connectivity index (χ0v) is 16.0. The summed E-state index contributed by atoms with van der Waals surface area (Å²) in [5.74, 6) is -0.142. The van der Waals surface area contributed by atoms with Crippen molar-refractivity contribution >= 4 is 17.6 Å². The second kappa shape index (κ2) is 9.81. The highest BCUT2D eigenvalue weighted by molar-refractivity contribution is 6.32. The van der Waals surface area contributed by atoms with Crippen molar-refractivity contribution < 1.29 is 19.4 Å². The van der Waals surface area contributed by atoms with Crippen molar-refractivity contribution in [3.63, 3.8) is 0 Å². The van der Waals surface area contributed by atoms with Gasteiger partial charge < -0.3 is 14.6 Å². The van der Waals surface area contributed by atoms with E-state index in [-0.39, 0.29) is 0 Å². The van der Waals surface area contributed by atoms with Crippen molar-refractivity contribution in [1.29, 1.82) is 0 Å². The van der Waals surface area contributed by atoms with Crippen LogP contribution in [0.3, 0.4) is 0 Å². The number of ether oxygens (including phenoxy) is 2. The van der Waals surface area contributed by atoms with Gasteiger partial charge in [0.05, 0.1) is 10.9 Å². The van der Waals surface area contributed by atoms with Gasteiger partial charge in [0.2, 0.25) is 0 Å². The SMILES string of the molecule is O=C(O)C(Cc1cccc(OCCOc2ccccc2Cl)c1)c1ccccc1. The standard InChI is InChI=1S/C23H21ClO4/c24-21-11-4-5-12-22(21)28-14-13-27-19-10-6-7-17(15-19)16-20(23(25)26)18-8-2-1-3-9-18/h1-12,15,20H,13-14,16H2,(H,25,26). The molecule has 3 rings (SSSR count). The number of rotatable bonds is 9. The van der Waals surface area contributed by atoms with Gasteiger partial charge in [0.15, 0.2) is 0 Å². The minimum atomic E-state index is -0.842. The van der Waals surface area contributed by atoms with E-state index in [1.54, 1.807) is 12.1 Å². The average Bonchev–Trinajstić information content (AvgIpc) is 2.71. The molecule has 5 heteroatoms. The largest absolute Gasteiger partial charge is 0.490 e. The molecule has 0 radical (unpaired) electrons. The predicted molar refractivity (Wildman–Crippen MR) is 109 cm³/mol. The van der Waals surface area contributed by atoms with E-state index in [1.165, 1.54) is 0 Å². The number of hydrogen-bond acceptors (Lipinski definition) is 3. The molecule has 144 valence electrons. The zero-order valence-electron chi connectivity index (χ0n) is 15.3. The Balaban J connectivity index is 1.57. The van der Waals surface area contributed by atoms with Crippen molar-refractivity contribution in [3.05, 3.63) is 95.0 Å². The summed E-state index contributed by atoms with van der Waals surface area (Å²) in [5.41, 5.74) is 1.69. The number of hydrogen-bond donors (Lipinski definition) is 1. The number of aliphatic carboxylic acids is 1. The molecule has 0 aliphatic heterocycles. The Hall–Kier alpha value is -2.98. The smallest absolute Gasteiger partial charge is 0.311 e. The molecule has 0 saturated carbocycles. The Morgan fingerprint density at radius 1 is 0.893 bits per heavy atom. The number of carbonyl (C=O) groups is 1. The van der Waals surface area contributed by atoms with Crippen LogP contribution >= 0.6 is 11.6 Å². The fourth-order valence-corrected chi connectivity index (χ4v) is 3.09. The molecule has 0 fully saturated rings. The van der Waals surface area contributed by atoms with Gasteiger partial charge >= 0.3 is 5.97 Å². The highest BCUT2D eigenvalue weighted by Gasteiger charge is 2.20. The molecule has 0 aromatic heterocycles. The molecule has 0 aliphatic rings. The molecular formula is C23H21ClO4. The molecule has 1 N–H and O–H groups in total. The van der Waals surface area contributed by atoms with Crippen LogP contribution in [0.25, 0.3) is 0 Å². The molecule has 0 aliphatic carbocycles. The third-order valence-corrected chi connectivity index (χ3v) is 4.60. The van der Waals surface area contributed by atoms with Gasteiger partial charge in [-0.05, 0) is 41.8 Å². The van der Waals surface area contributed by atoms with Crippen LogP contribution in [0.4, 0.5) is 0 Å². The minimum Gasteiger partial charge on any atom is -0.490 e. The van der Waals surface area contributed by atoms with E-state index in [1.807, 2.05) is 66.7 Å². The van der Waals surface area contributed by atoms with E-state index >= 15 is 0 Å². The maximum Gasteiger partial charge on any atom is 0.311 e. The first-order chi connectivity index (χ1) is 13.6. The molecule has 4 nitrogen and oxygen atoms in total. The molecule has 1 unspecified atom stereocenters. The first kappa shape index (κ1) is 19.8. The van der Waals surface area contributed by atoms with Gasteiger partial charge in [-0.1, -0.05) is 66.2 Å². The van der Waals surface area contributed by atoms with Gasteiger partial charge in [-0.2, -0.15) is 0 Å². The molecule has 0 amide bonds. The maximum atomic E-state index is 11.7. The first-order valence-electron chi connectivity index (χ1n) is 9.00. The second-order valence-corrected chi connectivity index (χ2v) is 6.69. The third kappa shape index (κ3) is 5.51. The fraction of sp³-hybridized carbons (Fsp3) is 0.174. The van der Waals surface area contributed by atoms with Crippen LogP contribution in [0, 0.1) is 0 Å². The van der Waals surface area contributed by atoms with Gasteiger partial charge in [-0.25, -0.2) is 0 Å². The molecule has 0 saturated heterocycles. The summed E-state index contributed by atoms with van der Waals surface area (Å²) in [5, 5.41) is 10.2. The third-order valence-electron chi connectivity index (χ3n) is 4.28. The molecule has 28 heavy (non-hydrogen) atoms. The Morgan fingerprint density at radius 2 is 1.61 bits per heavy atom. The average molecular weight is 397 g/mol. The van der Waals surface area contributed by atoms with Crippen molar-refractivity contribution in [1.82, 2.24) is 0 Å². The predicted octanol–water partition coefficient (Wildman–Crippen LogP) is 5.21. The Morgan fingerprint density at radius 3 is 2.36 bits per heavy atom. The van der Waals surface area contributed by atoms with Crippen LogP contribution in [0.5, 0.6) is 11.5 Å². The molecule has 3 aromatic rings. The lowest BCUT2D eigenvalue weighted by Crippen LogP contribution is -2.14. The Kier molecular flexibility index (Phi) is 6.93. The van der Waals surface area contributed by atoms with Crippen LogP contribution in [0.2, 0.25) is 5.02 Å². The van der Waals surface area contributed by atoms with Crippen molar-refractivity contribution in [2.75, 3.05) is 13.2 Å². The summed E-state index contributed by atoms with van der Waals surface area (Å²) in [6.07, 6.45) is 0.396. The highest BCUT2D eigenvalue weighted by atomic mass is 35.5. The van der Waals surface area contributed by atoms with E-state index in [2.05, 4.69) is 0 Å². The number of carboxylic acid groups (broad SMARTS) is 1. The first-order valence-corrected chi connectivity index (χ1v) is 9.38. The molecule has 1 atom stereocenters. The quantitative estimate of drug-likeness (QED) is 0.504. The van der Waals surface area contributed by atoms with Gasteiger partial charge in [0, 0.05) is 0 Å². The van der Waals surface area contributed by atoms with Crippen molar-refractivity contribution in [2.45, 2.75) is 12.3 Å². The van der Waals surface area contributed by atoms with E-state index in [0.29, 0.717) is 36.2 Å². The highest BCUT2D eigenvalue weighted by Crippen LogP contribution is 2.24. The lowest BCUT2D eigenvalue weighted by atomic mass is 9.92. The topological polar surface area (TPSA) is 55.8 Å². The molecule has 0 spiro atoms. The van der Waals surface area contributed by atoms with Crippen LogP contribution in [0.15, 0.2) is 78.9 Å². The lowest BCUT2D eigenvalue weighted by Gasteiger charge is -2.14. The van der Waals surface area contributed by atoms with E-state index < -0.39 is 11.9 Å². The van der Waals surface area contributed by atoms with E-state index in [4.69, 9.17) is 21.1 Å². The van der Waals surface area contributed by atoms with Crippen LogP contribution in [-0.4, -0.2) is 24.3 Å². The van der Waals surface area contributed by atoms with Crippen LogP contribution < -0.4 is 9.47 Å². The van der Waals surface area contributed by atoms with Gasteiger partial charge in [0.25, 0.3) is 0 Å². The molecule has 0 heterocycles. The van der Waals surface area contributed by atoms with E-state index in [0.717, 1.165) is 11.1 Å². The maximum absolute atomic E-state index is 11.7. The van der Waals surface area contributed by atoms with E-state index in [9.17, 15) is 9.90 Å². The normalized spacial score (nSPS) is 11.6. The molecule has 0 bridgehead atoms. The summed E-state index contributed by atoms with van der Waals surface area (Å²) < 4.78 is 11.3. The monoisotopic (exact) mass is 396 g/mol. The summed E-state index contributed by atoms with van der Waals surface area (Å²) >= 11 is 6.05. The lowest BCUT2D eigenvalue weighted by molar-refractivity contribution is -0.138. The zero-order chi connectivity index (χ0) is 19.8. The number of halogens is 1. The molecule has 3 aromatic carbocycles. The van der Waals surface area contributed by atoms with Crippen molar-refractivity contribution in [2.24, 2.45) is 0 Å². The summed E-state index contributed by atoms with van der Waals surface area (Å²) in [7, 11) is 0. The minimum absolute atomic E-state index is 0.357. The molecular weight excluding hydrogens is 376 g/mol. The van der Waals surface area contributed by atoms with Crippen LogP contribution in [0.1, 0.15) is 17.0 Å². The Bertz CT molecular complexity index is 911. The number of carboxylic acids is 1. The van der Waals surface area contributed by atoms with Gasteiger partial charge in [-0.15, -0.1) is 0 Å². The fourth-order valence-electron chi connectivity index (χ4n) is 2.90. The van der Waals surface area contributed by atoms with Crippen molar-refractivity contribution in [3.8, 4) is 11.5 Å². The number of para-hydroxylation sites is 1. The summed E-state index contributed by atoms with van der Waals surface area (Å²) in [4.78, 5) is 11.7. The summed E-state index contributed by atoms with van der Waals surface area (Å²) in [6, 6.07) is 24.0. The summed E-state index contributed by atoms with van der Waals surface area (Å²) in [6.45, 7) is 0.714. The number of benzene rings is 3. The van der Waals surface area contributed by atoms with Gasteiger partial charge in [0.1, 0.15) is 24.7 Å². The van der Waals surface area contributed by atoms with Crippen LogP contribution in [-0.2, 0) is 11.2 Å². The van der Waals surface area contributed by atoms with Gasteiger partial charge in [-0.3, -0.25) is 4.79 Å².